The lowest BCUT2D eigenvalue weighted by atomic mass is 10.2. The number of rotatable bonds is 6. The standard InChI is InChI=1S/C19H26N4O4S2/c1-21(2)29(26,27)17-10-8-16(9-11-17)28(24,25)20-18-6-4-5-7-19(18)23-14-12-22(3)13-15-23/h4-11,20H,12-15H2,1-3H3. The van der Waals surface area contributed by atoms with Gasteiger partial charge in [-0.05, 0) is 43.4 Å². The van der Waals surface area contributed by atoms with Crippen molar-refractivity contribution in [1.29, 1.82) is 0 Å². The number of nitrogens with zero attached hydrogens (tertiary/aromatic N) is 3. The van der Waals surface area contributed by atoms with Gasteiger partial charge in [0.2, 0.25) is 10.0 Å². The summed E-state index contributed by atoms with van der Waals surface area (Å²) in [4.78, 5) is 4.43. The number of hydrogen-bond donors (Lipinski definition) is 1. The topological polar surface area (TPSA) is 90.0 Å². The molecular weight excluding hydrogens is 412 g/mol. The highest BCUT2D eigenvalue weighted by Gasteiger charge is 2.22. The third-order valence-electron chi connectivity index (χ3n) is 4.90. The second kappa shape index (κ2) is 8.31. The first-order valence-electron chi connectivity index (χ1n) is 9.19. The second-order valence-corrected chi connectivity index (χ2v) is 11.0. The Balaban J connectivity index is 1.85. The van der Waals surface area contributed by atoms with E-state index < -0.39 is 20.0 Å². The van der Waals surface area contributed by atoms with Gasteiger partial charge in [-0.1, -0.05) is 12.1 Å². The maximum absolute atomic E-state index is 12.9. The molecular formula is C19H26N4O4S2. The van der Waals surface area contributed by atoms with Gasteiger partial charge in [0, 0.05) is 40.3 Å². The Labute approximate surface area is 172 Å². The molecule has 1 saturated heterocycles. The van der Waals surface area contributed by atoms with E-state index >= 15 is 0 Å². The van der Waals surface area contributed by atoms with E-state index in [1.807, 2.05) is 12.1 Å². The number of hydrogen-bond acceptors (Lipinski definition) is 6. The molecule has 0 aromatic heterocycles. The molecule has 0 bridgehead atoms. The molecule has 0 atom stereocenters. The van der Waals surface area contributed by atoms with Gasteiger partial charge in [0.15, 0.2) is 0 Å². The highest BCUT2D eigenvalue weighted by molar-refractivity contribution is 7.92. The van der Waals surface area contributed by atoms with Crippen LogP contribution in [0.1, 0.15) is 0 Å². The minimum absolute atomic E-state index is 0.00314. The van der Waals surface area contributed by atoms with Crippen molar-refractivity contribution in [2.24, 2.45) is 0 Å². The molecule has 1 fully saturated rings. The molecule has 1 aliphatic heterocycles. The summed E-state index contributed by atoms with van der Waals surface area (Å²) in [6.45, 7) is 3.43. The average Bonchev–Trinajstić information content (AvgIpc) is 2.69. The minimum Gasteiger partial charge on any atom is -0.367 e. The zero-order valence-electron chi connectivity index (χ0n) is 16.7. The predicted octanol–water partition coefficient (Wildman–Crippen LogP) is 1.49. The van der Waals surface area contributed by atoms with Crippen LogP contribution in [0.15, 0.2) is 58.3 Å². The van der Waals surface area contributed by atoms with Crippen LogP contribution in [0.2, 0.25) is 0 Å². The summed E-state index contributed by atoms with van der Waals surface area (Å²) in [6, 6.07) is 12.5. The molecule has 10 heteroatoms. The summed E-state index contributed by atoms with van der Waals surface area (Å²) in [5.74, 6) is 0. The summed E-state index contributed by atoms with van der Waals surface area (Å²) in [6.07, 6.45) is 0. The van der Waals surface area contributed by atoms with Crippen molar-refractivity contribution in [1.82, 2.24) is 9.21 Å². The quantitative estimate of drug-likeness (QED) is 0.735. The molecule has 158 valence electrons. The number of likely N-dealkylation sites (N-methyl/N-ethyl adjacent to an activating group) is 1. The van der Waals surface area contributed by atoms with Gasteiger partial charge in [-0.25, -0.2) is 21.1 Å². The lowest BCUT2D eigenvalue weighted by Gasteiger charge is -2.35. The molecule has 0 radical (unpaired) electrons. The molecule has 29 heavy (non-hydrogen) atoms. The van der Waals surface area contributed by atoms with Crippen LogP contribution in [0, 0.1) is 0 Å². The number of benzene rings is 2. The molecule has 8 nitrogen and oxygen atoms in total. The van der Waals surface area contributed by atoms with Crippen LogP contribution in [-0.2, 0) is 20.0 Å². The van der Waals surface area contributed by atoms with Crippen LogP contribution in [-0.4, -0.2) is 73.4 Å². The maximum atomic E-state index is 12.9. The highest BCUT2D eigenvalue weighted by Crippen LogP contribution is 2.29. The van der Waals surface area contributed by atoms with E-state index in [2.05, 4.69) is 21.6 Å². The fourth-order valence-corrected chi connectivity index (χ4v) is 5.06. The third kappa shape index (κ3) is 4.72. The van der Waals surface area contributed by atoms with E-state index in [1.165, 1.54) is 38.4 Å². The zero-order valence-corrected chi connectivity index (χ0v) is 18.4. The number of piperazine rings is 1. The van der Waals surface area contributed by atoms with E-state index in [9.17, 15) is 16.8 Å². The van der Waals surface area contributed by atoms with Crippen LogP contribution in [0.3, 0.4) is 0 Å². The summed E-state index contributed by atoms with van der Waals surface area (Å²) in [5, 5.41) is 0. The summed E-state index contributed by atoms with van der Waals surface area (Å²) in [5.41, 5.74) is 1.33. The van der Waals surface area contributed by atoms with E-state index in [0.29, 0.717) is 5.69 Å². The van der Waals surface area contributed by atoms with Crippen LogP contribution in [0.5, 0.6) is 0 Å². The summed E-state index contributed by atoms with van der Waals surface area (Å²) >= 11 is 0. The molecule has 0 spiro atoms. The Hall–Kier alpha value is -2.14. The predicted molar refractivity (Wildman–Crippen MR) is 114 cm³/mol. The second-order valence-electron chi connectivity index (χ2n) is 7.17. The first-order valence-corrected chi connectivity index (χ1v) is 12.1. The minimum atomic E-state index is -3.86. The smallest absolute Gasteiger partial charge is 0.261 e. The Bertz CT molecular complexity index is 1060. The average molecular weight is 439 g/mol. The van der Waals surface area contributed by atoms with Gasteiger partial charge in [0.05, 0.1) is 21.2 Å². The molecule has 1 N–H and O–H groups in total. The van der Waals surface area contributed by atoms with Gasteiger partial charge >= 0.3 is 0 Å². The normalized spacial score (nSPS) is 16.2. The number of anilines is 2. The van der Waals surface area contributed by atoms with Gasteiger partial charge in [-0.3, -0.25) is 4.72 Å². The monoisotopic (exact) mass is 438 g/mol. The molecule has 3 rings (SSSR count). The molecule has 1 aliphatic rings. The van der Waals surface area contributed by atoms with Gasteiger partial charge < -0.3 is 9.80 Å². The third-order valence-corrected chi connectivity index (χ3v) is 8.12. The van der Waals surface area contributed by atoms with Crippen molar-refractivity contribution in [2.75, 3.05) is 56.9 Å². The Morgan fingerprint density at radius 3 is 1.97 bits per heavy atom. The molecule has 0 aliphatic carbocycles. The SMILES string of the molecule is CN1CCN(c2ccccc2NS(=O)(=O)c2ccc(S(=O)(=O)N(C)C)cc2)CC1. The largest absolute Gasteiger partial charge is 0.367 e. The Kier molecular flexibility index (Phi) is 6.18. The molecule has 0 unspecified atom stereocenters. The number of nitrogens with one attached hydrogen (secondary N) is 1. The van der Waals surface area contributed by atoms with Crippen molar-refractivity contribution in [3.8, 4) is 0 Å². The van der Waals surface area contributed by atoms with Gasteiger partial charge in [-0.2, -0.15) is 0 Å². The van der Waals surface area contributed by atoms with Crippen molar-refractivity contribution in [3.63, 3.8) is 0 Å². The first-order chi connectivity index (χ1) is 13.6. The lowest BCUT2D eigenvalue weighted by molar-refractivity contribution is 0.313. The van der Waals surface area contributed by atoms with Crippen molar-refractivity contribution >= 4 is 31.4 Å². The van der Waals surface area contributed by atoms with E-state index in [4.69, 9.17) is 0 Å². The van der Waals surface area contributed by atoms with Crippen molar-refractivity contribution in [2.45, 2.75) is 9.79 Å². The van der Waals surface area contributed by atoms with Gasteiger partial charge in [0.1, 0.15) is 0 Å². The van der Waals surface area contributed by atoms with Gasteiger partial charge in [-0.15, -0.1) is 0 Å². The van der Waals surface area contributed by atoms with Crippen LogP contribution >= 0.6 is 0 Å². The van der Waals surface area contributed by atoms with Crippen LogP contribution in [0.4, 0.5) is 11.4 Å². The van der Waals surface area contributed by atoms with E-state index in [-0.39, 0.29) is 9.79 Å². The zero-order chi connectivity index (χ0) is 21.2. The molecule has 0 amide bonds. The maximum Gasteiger partial charge on any atom is 0.261 e. The fourth-order valence-electron chi connectivity index (χ4n) is 3.09. The Morgan fingerprint density at radius 2 is 1.38 bits per heavy atom. The molecule has 1 heterocycles. The van der Waals surface area contributed by atoms with Crippen LogP contribution < -0.4 is 9.62 Å². The van der Waals surface area contributed by atoms with Crippen LogP contribution in [0.25, 0.3) is 0 Å². The summed E-state index contributed by atoms with van der Waals surface area (Å²) < 4.78 is 53.9. The molecule has 0 saturated carbocycles. The Morgan fingerprint density at radius 1 is 0.828 bits per heavy atom. The van der Waals surface area contributed by atoms with Crippen molar-refractivity contribution in [3.05, 3.63) is 48.5 Å². The first kappa shape index (κ1) is 21.6. The fraction of sp³-hybridized carbons (Fsp3) is 0.368. The number of sulfonamides is 2. The highest BCUT2D eigenvalue weighted by atomic mass is 32.2. The van der Waals surface area contributed by atoms with Crippen molar-refractivity contribution < 1.29 is 16.8 Å². The lowest BCUT2D eigenvalue weighted by Crippen LogP contribution is -2.44. The molecule has 2 aromatic rings. The van der Waals surface area contributed by atoms with Gasteiger partial charge in [0.25, 0.3) is 10.0 Å². The van der Waals surface area contributed by atoms with E-state index in [1.54, 1.807) is 12.1 Å². The molecule has 2 aromatic carbocycles. The summed E-state index contributed by atoms with van der Waals surface area (Å²) in [7, 11) is -2.56. The number of para-hydroxylation sites is 2. The van der Waals surface area contributed by atoms with E-state index in [0.717, 1.165) is 36.2 Å².